The number of nitrogen functional groups attached to an aromatic ring is 1. The van der Waals surface area contributed by atoms with Gasteiger partial charge in [-0.1, -0.05) is 25.5 Å². The molecule has 0 saturated heterocycles. The van der Waals surface area contributed by atoms with Crippen molar-refractivity contribution < 1.29 is 9.47 Å². The van der Waals surface area contributed by atoms with Gasteiger partial charge in [-0.05, 0) is 42.7 Å². The number of hydrogen-bond donors (Lipinski definition) is 3. The van der Waals surface area contributed by atoms with Gasteiger partial charge in [0, 0.05) is 11.8 Å². The third-order valence-corrected chi connectivity index (χ3v) is 4.58. The molecule has 0 saturated carbocycles. The topological polar surface area (TPSA) is 94.3 Å². The van der Waals surface area contributed by atoms with Gasteiger partial charge in [-0.3, -0.25) is 0 Å². The second-order valence-corrected chi connectivity index (χ2v) is 6.60. The van der Waals surface area contributed by atoms with Crippen molar-refractivity contribution in [3.05, 3.63) is 54.4 Å². The summed E-state index contributed by atoms with van der Waals surface area (Å²) in [6, 6.07) is 13.8. The molecule has 0 bridgehead atoms. The van der Waals surface area contributed by atoms with E-state index in [2.05, 4.69) is 39.7 Å². The van der Waals surface area contributed by atoms with Crippen LogP contribution in [0.3, 0.4) is 0 Å². The fraction of sp³-hybridized carbons (Fsp3) is 0.273. The molecule has 0 aliphatic heterocycles. The number of unbranched alkanes of at least 4 members (excludes halogenated alkanes) is 1. The summed E-state index contributed by atoms with van der Waals surface area (Å²) >= 11 is 0. The van der Waals surface area contributed by atoms with Gasteiger partial charge in [-0.15, -0.1) is 0 Å². The Morgan fingerprint density at radius 1 is 0.931 bits per heavy atom. The summed E-state index contributed by atoms with van der Waals surface area (Å²) in [5, 5.41) is 6.46. The molecule has 4 N–H and O–H groups in total. The van der Waals surface area contributed by atoms with Gasteiger partial charge in [0.1, 0.15) is 23.5 Å². The average Bonchev–Trinajstić information content (AvgIpc) is 2.76. The zero-order valence-corrected chi connectivity index (χ0v) is 17.0. The SMILES string of the molecule is CCCCc1ccc(Nc2ncnc(Nc3cc(OC)ccc3OC)c2N)cc1. The molecule has 152 valence electrons. The average molecular weight is 393 g/mol. The van der Waals surface area contributed by atoms with Gasteiger partial charge < -0.3 is 25.8 Å². The van der Waals surface area contributed by atoms with E-state index in [0.717, 1.165) is 12.1 Å². The molecule has 0 aliphatic rings. The van der Waals surface area contributed by atoms with Crippen LogP contribution in [0.15, 0.2) is 48.8 Å². The summed E-state index contributed by atoms with van der Waals surface area (Å²) in [7, 11) is 3.22. The Bertz CT molecular complexity index is 944. The van der Waals surface area contributed by atoms with Crippen LogP contribution in [0.4, 0.5) is 28.7 Å². The molecule has 0 fully saturated rings. The van der Waals surface area contributed by atoms with Gasteiger partial charge in [0.2, 0.25) is 0 Å². The first kappa shape index (κ1) is 20.3. The Morgan fingerprint density at radius 2 is 1.66 bits per heavy atom. The smallest absolute Gasteiger partial charge is 0.159 e. The van der Waals surface area contributed by atoms with E-state index in [-0.39, 0.29) is 0 Å². The molecular formula is C22H27N5O2. The minimum Gasteiger partial charge on any atom is -0.497 e. The number of ether oxygens (including phenoxy) is 2. The quantitative estimate of drug-likeness (QED) is 0.476. The van der Waals surface area contributed by atoms with E-state index < -0.39 is 0 Å². The van der Waals surface area contributed by atoms with Crippen LogP contribution in [-0.4, -0.2) is 24.2 Å². The van der Waals surface area contributed by atoms with Gasteiger partial charge in [-0.2, -0.15) is 0 Å². The number of methoxy groups -OCH3 is 2. The molecule has 0 unspecified atom stereocenters. The van der Waals surface area contributed by atoms with Crippen molar-refractivity contribution in [2.75, 3.05) is 30.6 Å². The standard InChI is InChI=1S/C22H27N5O2/c1-4-5-6-15-7-9-16(10-8-15)26-21-20(23)22(25-14-24-21)27-18-13-17(28-2)11-12-19(18)29-3/h7-14H,4-6,23H2,1-3H3,(H2,24,25,26,27). The molecule has 3 rings (SSSR count). The largest absolute Gasteiger partial charge is 0.497 e. The van der Waals surface area contributed by atoms with E-state index in [1.165, 1.54) is 24.7 Å². The Balaban J connectivity index is 1.79. The lowest BCUT2D eigenvalue weighted by Gasteiger charge is -2.15. The maximum absolute atomic E-state index is 6.31. The van der Waals surface area contributed by atoms with E-state index in [1.54, 1.807) is 14.2 Å². The van der Waals surface area contributed by atoms with Crippen LogP contribution in [0.2, 0.25) is 0 Å². The number of benzene rings is 2. The molecule has 0 radical (unpaired) electrons. The third-order valence-electron chi connectivity index (χ3n) is 4.58. The maximum Gasteiger partial charge on any atom is 0.159 e. The fourth-order valence-corrected chi connectivity index (χ4v) is 2.91. The number of nitrogens with zero attached hydrogens (tertiary/aromatic N) is 2. The number of nitrogens with one attached hydrogen (secondary N) is 2. The van der Waals surface area contributed by atoms with Crippen molar-refractivity contribution in [3.63, 3.8) is 0 Å². The highest BCUT2D eigenvalue weighted by Crippen LogP contribution is 2.34. The second-order valence-electron chi connectivity index (χ2n) is 6.60. The molecule has 0 atom stereocenters. The van der Waals surface area contributed by atoms with Crippen LogP contribution in [0, 0.1) is 0 Å². The van der Waals surface area contributed by atoms with E-state index in [9.17, 15) is 0 Å². The van der Waals surface area contributed by atoms with Gasteiger partial charge >= 0.3 is 0 Å². The fourth-order valence-electron chi connectivity index (χ4n) is 2.91. The summed E-state index contributed by atoms with van der Waals surface area (Å²) in [5.41, 5.74) is 9.66. The first-order valence-electron chi connectivity index (χ1n) is 9.60. The Hall–Kier alpha value is -3.48. The van der Waals surface area contributed by atoms with Crippen molar-refractivity contribution in [3.8, 4) is 11.5 Å². The molecule has 1 heterocycles. The van der Waals surface area contributed by atoms with Crippen LogP contribution in [0.25, 0.3) is 0 Å². The minimum absolute atomic E-state index is 0.410. The number of aryl methyl sites for hydroxylation is 1. The summed E-state index contributed by atoms with van der Waals surface area (Å²) in [6.07, 6.45) is 4.92. The Labute approximate surface area is 171 Å². The lowest BCUT2D eigenvalue weighted by atomic mass is 10.1. The highest BCUT2D eigenvalue weighted by atomic mass is 16.5. The normalized spacial score (nSPS) is 10.4. The van der Waals surface area contributed by atoms with Crippen molar-refractivity contribution in [1.82, 2.24) is 9.97 Å². The van der Waals surface area contributed by atoms with Gasteiger partial charge in [0.25, 0.3) is 0 Å². The van der Waals surface area contributed by atoms with Crippen LogP contribution >= 0.6 is 0 Å². The second kappa shape index (κ2) is 9.64. The van der Waals surface area contributed by atoms with E-state index in [0.29, 0.717) is 34.5 Å². The Kier molecular flexibility index (Phi) is 6.73. The number of rotatable bonds is 9. The van der Waals surface area contributed by atoms with Crippen LogP contribution in [0.5, 0.6) is 11.5 Å². The van der Waals surface area contributed by atoms with Crippen molar-refractivity contribution >= 4 is 28.7 Å². The molecule has 0 spiro atoms. The van der Waals surface area contributed by atoms with Crippen LogP contribution in [-0.2, 0) is 6.42 Å². The highest BCUT2D eigenvalue weighted by molar-refractivity contribution is 5.81. The van der Waals surface area contributed by atoms with E-state index >= 15 is 0 Å². The van der Waals surface area contributed by atoms with Crippen molar-refractivity contribution in [2.45, 2.75) is 26.2 Å². The molecule has 7 heteroatoms. The maximum atomic E-state index is 6.31. The third kappa shape index (κ3) is 5.07. The van der Waals surface area contributed by atoms with E-state index in [1.807, 2.05) is 30.3 Å². The molecular weight excluding hydrogens is 366 g/mol. The van der Waals surface area contributed by atoms with Gasteiger partial charge in [-0.25, -0.2) is 9.97 Å². The molecule has 2 aromatic carbocycles. The highest BCUT2D eigenvalue weighted by Gasteiger charge is 2.12. The lowest BCUT2D eigenvalue weighted by Crippen LogP contribution is -2.06. The van der Waals surface area contributed by atoms with Crippen LogP contribution in [0.1, 0.15) is 25.3 Å². The van der Waals surface area contributed by atoms with E-state index in [4.69, 9.17) is 15.2 Å². The zero-order valence-electron chi connectivity index (χ0n) is 17.0. The summed E-state index contributed by atoms with van der Waals surface area (Å²) in [5.74, 6) is 2.36. The molecule has 0 aliphatic carbocycles. The molecule has 7 nitrogen and oxygen atoms in total. The molecule has 1 aromatic heterocycles. The van der Waals surface area contributed by atoms with Gasteiger partial charge in [0.05, 0.1) is 19.9 Å². The lowest BCUT2D eigenvalue weighted by molar-refractivity contribution is 0.405. The Morgan fingerprint density at radius 3 is 2.31 bits per heavy atom. The van der Waals surface area contributed by atoms with Crippen molar-refractivity contribution in [2.24, 2.45) is 0 Å². The first-order chi connectivity index (χ1) is 14.1. The summed E-state index contributed by atoms with van der Waals surface area (Å²) in [6.45, 7) is 2.19. The van der Waals surface area contributed by atoms with Gasteiger partial charge in [0.15, 0.2) is 11.6 Å². The monoisotopic (exact) mass is 393 g/mol. The number of hydrogen-bond acceptors (Lipinski definition) is 7. The number of nitrogens with two attached hydrogens (primary N) is 1. The molecule has 29 heavy (non-hydrogen) atoms. The molecule has 3 aromatic rings. The zero-order chi connectivity index (χ0) is 20.6. The minimum atomic E-state index is 0.410. The molecule has 0 amide bonds. The van der Waals surface area contributed by atoms with Crippen LogP contribution < -0.4 is 25.8 Å². The summed E-state index contributed by atoms with van der Waals surface area (Å²) < 4.78 is 10.7. The predicted octanol–water partition coefficient (Wildman–Crippen LogP) is 4.91. The first-order valence-corrected chi connectivity index (χ1v) is 9.60. The predicted molar refractivity (Wildman–Crippen MR) is 118 cm³/mol. The van der Waals surface area contributed by atoms with Crippen molar-refractivity contribution in [1.29, 1.82) is 0 Å². The number of aromatic nitrogens is 2. The number of anilines is 5. The summed E-state index contributed by atoms with van der Waals surface area (Å²) in [4.78, 5) is 8.55.